The Morgan fingerprint density at radius 1 is 1.00 bits per heavy atom. The second-order valence-electron chi connectivity index (χ2n) is 11.8. The number of aromatic nitrogens is 3. The van der Waals surface area contributed by atoms with E-state index in [-0.39, 0.29) is 30.9 Å². The fourth-order valence-electron chi connectivity index (χ4n) is 5.48. The maximum Gasteiger partial charge on any atom is 0.255 e. The summed E-state index contributed by atoms with van der Waals surface area (Å²) in [5.41, 5.74) is 1.77. The first-order valence-electron chi connectivity index (χ1n) is 14.9. The molecule has 2 heterocycles. The van der Waals surface area contributed by atoms with E-state index in [2.05, 4.69) is 31.6 Å². The Morgan fingerprint density at radius 3 is 2.50 bits per heavy atom. The van der Waals surface area contributed by atoms with Gasteiger partial charge in [-0.3, -0.25) is 19.2 Å². The Balaban J connectivity index is 1.63. The number of nitrogens with one attached hydrogen (secondary N) is 4. The van der Waals surface area contributed by atoms with Crippen LogP contribution >= 0.6 is 0 Å². The number of hydrogen-bond acceptors (Lipinski definition) is 7. The predicted molar refractivity (Wildman–Crippen MR) is 155 cm³/mol. The highest BCUT2D eigenvalue weighted by Crippen LogP contribution is 2.28. The van der Waals surface area contributed by atoms with Crippen molar-refractivity contribution < 1.29 is 23.9 Å². The number of hydrogen-bond donors (Lipinski definition) is 4. The second kappa shape index (κ2) is 14.3. The number of ether oxygens (including phenoxy) is 1. The van der Waals surface area contributed by atoms with Crippen molar-refractivity contribution in [2.24, 2.45) is 11.8 Å². The Kier molecular flexibility index (Phi) is 10.5. The lowest BCUT2D eigenvalue weighted by Gasteiger charge is -2.31. The molecule has 0 unspecified atom stereocenters. The number of fused-ring (bicyclic) bond motifs is 3. The number of aryl methyl sites for hydroxylation is 1. The Morgan fingerprint density at radius 2 is 1.76 bits per heavy atom. The van der Waals surface area contributed by atoms with Crippen LogP contribution in [0.15, 0.2) is 24.4 Å². The van der Waals surface area contributed by atoms with Crippen LogP contribution in [0.5, 0.6) is 5.75 Å². The van der Waals surface area contributed by atoms with Gasteiger partial charge in [0.25, 0.3) is 5.91 Å². The molecule has 4 rings (SSSR count). The Bertz CT molecular complexity index is 1270. The lowest BCUT2D eigenvalue weighted by Crippen LogP contribution is -2.57. The Labute approximate surface area is 246 Å². The molecule has 12 heteroatoms. The van der Waals surface area contributed by atoms with Gasteiger partial charge in [0, 0.05) is 0 Å². The molecular weight excluding hydrogens is 538 g/mol. The summed E-state index contributed by atoms with van der Waals surface area (Å²) in [6.45, 7) is 8.13. The minimum Gasteiger partial charge on any atom is -0.491 e. The van der Waals surface area contributed by atoms with Crippen LogP contribution in [0, 0.1) is 18.8 Å². The third-order valence-corrected chi connectivity index (χ3v) is 7.77. The van der Waals surface area contributed by atoms with Crippen molar-refractivity contribution in [2.45, 2.75) is 97.4 Å². The lowest BCUT2D eigenvalue weighted by atomic mass is 9.83. The molecule has 1 saturated carbocycles. The van der Waals surface area contributed by atoms with Crippen molar-refractivity contribution in [3.63, 3.8) is 0 Å². The molecule has 1 aromatic carbocycles. The SMILES string of the molecule is Cc1ccc2c(c1)C(=O)N[C@@H](C1CCCCC1)C(=O)N[C@H](C)C(=O)N[C@H](CC(C)C)C(=O)NCc1cn(nn1)CCO2. The molecule has 2 aromatic rings. The van der Waals surface area contributed by atoms with E-state index in [0.717, 1.165) is 37.7 Å². The summed E-state index contributed by atoms with van der Waals surface area (Å²) in [5, 5.41) is 19.6. The molecule has 0 radical (unpaired) electrons. The van der Waals surface area contributed by atoms with Gasteiger partial charge in [0.2, 0.25) is 17.7 Å². The first-order valence-corrected chi connectivity index (χ1v) is 14.9. The minimum absolute atomic E-state index is 0.0639. The van der Waals surface area contributed by atoms with E-state index in [1.165, 1.54) is 0 Å². The predicted octanol–water partition coefficient (Wildman–Crippen LogP) is 2.01. The van der Waals surface area contributed by atoms with Crippen LogP contribution in [-0.2, 0) is 27.5 Å². The smallest absolute Gasteiger partial charge is 0.255 e. The van der Waals surface area contributed by atoms with Crippen molar-refractivity contribution in [1.29, 1.82) is 0 Å². The molecule has 4 amide bonds. The summed E-state index contributed by atoms with van der Waals surface area (Å²) in [5.74, 6) is -1.20. The van der Waals surface area contributed by atoms with Crippen LogP contribution in [0.2, 0.25) is 0 Å². The van der Waals surface area contributed by atoms with E-state index < -0.39 is 35.8 Å². The topological polar surface area (TPSA) is 156 Å². The highest BCUT2D eigenvalue weighted by Gasteiger charge is 2.34. The highest BCUT2D eigenvalue weighted by molar-refractivity contribution is 6.00. The maximum atomic E-state index is 13.6. The van der Waals surface area contributed by atoms with Gasteiger partial charge < -0.3 is 26.0 Å². The van der Waals surface area contributed by atoms with Crippen molar-refractivity contribution in [3.05, 3.63) is 41.2 Å². The summed E-state index contributed by atoms with van der Waals surface area (Å²) in [6, 6.07) is 2.81. The van der Waals surface area contributed by atoms with E-state index in [1.54, 1.807) is 29.9 Å². The van der Waals surface area contributed by atoms with Crippen molar-refractivity contribution in [3.8, 4) is 5.75 Å². The quantitative estimate of drug-likeness (QED) is 0.432. The maximum absolute atomic E-state index is 13.6. The molecule has 0 spiro atoms. The number of carbonyl (C=O) groups is 4. The second-order valence-corrected chi connectivity index (χ2v) is 11.8. The van der Waals surface area contributed by atoms with Crippen molar-refractivity contribution in [2.75, 3.05) is 6.61 Å². The summed E-state index contributed by atoms with van der Waals surface area (Å²) in [7, 11) is 0. The van der Waals surface area contributed by atoms with E-state index in [0.29, 0.717) is 30.0 Å². The Hall–Kier alpha value is -3.96. The summed E-state index contributed by atoms with van der Waals surface area (Å²) < 4.78 is 7.60. The van der Waals surface area contributed by atoms with Crippen LogP contribution in [0.25, 0.3) is 0 Å². The molecule has 3 atom stereocenters. The third-order valence-electron chi connectivity index (χ3n) is 7.77. The third kappa shape index (κ3) is 8.29. The standard InChI is InChI=1S/C30H43N7O5/c1-18(2)14-24-29(40)31-16-22-17-37(36-35-22)12-13-42-25-11-10-19(3)15-23(25)28(39)34-26(21-8-6-5-7-9-21)30(41)32-20(4)27(38)33-24/h10-11,15,17-18,20-21,24,26H,5-9,12-14,16H2,1-4H3,(H,31,40)(H,32,41)(H,33,38)(H,34,39)/t20-,24-,26+/m1/s1. The van der Waals surface area contributed by atoms with Crippen LogP contribution in [0.3, 0.4) is 0 Å². The molecule has 1 aliphatic heterocycles. The molecule has 12 nitrogen and oxygen atoms in total. The van der Waals surface area contributed by atoms with Gasteiger partial charge in [0.05, 0.1) is 24.8 Å². The van der Waals surface area contributed by atoms with Gasteiger partial charge in [-0.15, -0.1) is 5.10 Å². The van der Waals surface area contributed by atoms with E-state index in [4.69, 9.17) is 4.74 Å². The molecule has 228 valence electrons. The van der Waals surface area contributed by atoms with Gasteiger partial charge in [-0.2, -0.15) is 0 Å². The molecule has 2 aliphatic rings. The average molecular weight is 582 g/mol. The average Bonchev–Trinajstić information content (AvgIpc) is 3.42. The summed E-state index contributed by atoms with van der Waals surface area (Å²) in [6.07, 6.45) is 6.75. The van der Waals surface area contributed by atoms with Gasteiger partial charge in [-0.25, -0.2) is 4.68 Å². The number of rotatable bonds is 3. The van der Waals surface area contributed by atoms with Crippen LogP contribution in [0.1, 0.15) is 80.9 Å². The summed E-state index contributed by atoms with van der Waals surface area (Å²) >= 11 is 0. The lowest BCUT2D eigenvalue weighted by molar-refractivity contribution is -0.133. The van der Waals surface area contributed by atoms with E-state index in [9.17, 15) is 19.2 Å². The number of amides is 4. The van der Waals surface area contributed by atoms with Gasteiger partial charge in [-0.05, 0) is 57.1 Å². The number of benzene rings is 1. The van der Waals surface area contributed by atoms with Gasteiger partial charge >= 0.3 is 0 Å². The zero-order chi connectivity index (χ0) is 30.2. The molecular formula is C30H43N7O5. The fourth-order valence-corrected chi connectivity index (χ4v) is 5.48. The highest BCUT2D eigenvalue weighted by atomic mass is 16.5. The first kappa shape index (κ1) is 31.0. The van der Waals surface area contributed by atoms with Gasteiger partial charge in [0.15, 0.2) is 0 Å². The molecule has 0 saturated heterocycles. The molecule has 1 aromatic heterocycles. The molecule has 4 N–H and O–H groups in total. The zero-order valence-corrected chi connectivity index (χ0v) is 24.9. The van der Waals surface area contributed by atoms with E-state index >= 15 is 0 Å². The molecule has 42 heavy (non-hydrogen) atoms. The normalized spacial score (nSPS) is 23.6. The minimum atomic E-state index is -0.925. The number of carbonyl (C=O) groups excluding carboxylic acids is 4. The largest absolute Gasteiger partial charge is 0.491 e. The van der Waals surface area contributed by atoms with Crippen LogP contribution < -0.4 is 26.0 Å². The zero-order valence-electron chi connectivity index (χ0n) is 24.9. The van der Waals surface area contributed by atoms with Gasteiger partial charge in [-0.1, -0.05) is 50.0 Å². The monoisotopic (exact) mass is 581 g/mol. The van der Waals surface area contributed by atoms with Crippen LogP contribution in [0.4, 0.5) is 0 Å². The van der Waals surface area contributed by atoms with Crippen LogP contribution in [-0.4, -0.2) is 63.4 Å². The van der Waals surface area contributed by atoms with E-state index in [1.807, 2.05) is 26.8 Å². The first-order chi connectivity index (χ1) is 20.1. The molecule has 1 fully saturated rings. The number of nitrogens with zero attached hydrogens (tertiary/aromatic N) is 3. The summed E-state index contributed by atoms with van der Waals surface area (Å²) in [4.78, 5) is 53.5. The van der Waals surface area contributed by atoms with Gasteiger partial charge in [0.1, 0.15) is 36.2 Å². The molecule has 2 bridgehead atoms. The van der Waals surface area contributed by atoms with Crippen molar-refractivity contribution in [1.82, 2.24) is 36.3 Å². The fraction of sp³-hybridized carbons (Fsp3) is 0.600. The molecule has 1 aliphatic carbocycles. The van der Waals surface area contributed by atoms with Crippen molar-refractivity contribution >= 4 is 23.6 Å².